The second-order valence-electron chi connectivity index (χ2n) is 8.15. The third-order valence-corrected chi connectivity index (χ3v) is 5.35. The van der Waals surface area contributed by atoms with Gasteiger partial charge in [-0.1, -0.05) is 26.0 Å². The Balaban J connectivity index is 1.50. The van der Waals surface area contributed by atoms with Crippen LogP contribution in [0.2, 0.25) is 0 Å². The van der Waals surface area contributed by atoms with Crippen molar-refractivity contribution in [2.24, 2.45) is 11.8 Å². The summed E-state index contributed by atoms with van der Waals surface area (Å²) in [5, 5.41) is 6.83. The average Bonchev–Trinajstić information content (AvgIpc) is 2.65. The summed E-state index contributed by atoms with van der Waals surface area (Å²) in [4.78, 5) is 11.5. The molecule has 1 aromatic heterocycles. The van der Waals surface area contributed by atoms with Gasteiger partial charge in [-0.05, 0) is 67.9 Å². The number of aryl methyl sites for hydroxylation is 2. The van der Waals surface area contributed by atoms with E-state index in [0.717, 1.165) is 49.6 Å². The van der Waals surface area contributed by atoms with E-state index in [2.05, 4.69) is 34.4 Å². The van der Waals surface area contributed by atoms with E-state index >= 15 is 0 Å². The first-order valence-electron chi connectivity index (χ1n) is 10.3. The summed E-state index contributed by atoms with van der Waals surface area (Å²) in [6, 6.07) is 8.65. The summed E-state index contributed by atoms with van der Waals surface area (Å²) in [6.07, 6.45) is 3.03. The Morgan fingerprint density at radius 2 is 1.86 bits per heavy atom. The van der Waals surface area contributed by atoms with E-state index in [4.69, 9.17) is 17.2 Å². The van der Waals surface area contributed by atoms with E-state index in [9.17, 15) is 4.39 Å². The van der Waals surface area contributed by atoms with Crippen molar-refractivity contribution in [2.45, 2.75) is 40.0 Å². The summed E-state index contributed by atoms with van der Waals surface area (Å²) < 4.78 is 12.9. The fourth-order valence-electron chi connectivity index (χ4n) is 3.91. The van der Waals surface area contributed by atoms with E-state index < -0.39 is 0 Å². The van der Waals surface area contributed by atoms with Gasteiger partial charge in [0.1, 0.15) is 11.6 Å². The maximum absolute atomic E-state index is 12.9. The Kier molecular flexibility index (Phi) is 7.36. The molecule has 29 heavy (non-hydrogen) atoms. The van der Waals surface area contributed by atoms with Gasteiger partial charge < -0.3 is 15.5 Å². The molecule has 0 bridgehead atoms. The third kappa shape index (κ3) is 6.63. The fraction of sp³-hybridized carbons (Fsp3) is 0.500. The maximum Gasteiger partial charge on any atom is 0.231 e. The highest BCUT2D eigenvalue weighted by Gasteiger charge is 2.23. The molecular weight excluding hydrogens is 385 g/mol. The lowest BCUT2D eigenvalue weighted by molar-refractivity contribution is 0.355. The molecule has 156 valence electrons. The molecule has 2 heterocycles. The Morgan fingerprint density at radius 3 is 2.55 bits per heavy atom. The van der Waals surface area contributed by atoms with Crippen LogP contribution < -0.4 is 15.5 Å². The molecule has 2 atom stereocenters. The van der Waals surface area contributed by atoms with Crippen LogP contribution >= 0.6 is 12.2 Å². The number of benzene rings is 1. The van der Waals surface area contributed by atoms with E-state index in [1.165, 1.54) is 18.6 Å². The third-order valence-electron chi connectivity index (χ3n) is 5.10. The predicted molar refractivity (Wildman–Crippen MR) is 121 cm³/mol. The van der Waals surface area contributed by atoms with Gasteiger partial charge in [-0.3, -0.25) is 0 Å². The summed E-state index contributed by atoms with van der Waals surface area (Å²) in [5.74, 6) is 2.60. The smallest absolute Gasteiger partial charge is 0.231 e. The number of piperidine rings is 1. The summed E-state index contributed by atoms with van der Waals surface area (Å²) in [7, 11) is 0. The van der Waals surface area contributed by atoms with Gasteiger partial charge in [-0.2, -0.15) is 4.98 Å². The van der Waals surface area contributed by atoms with Crippen molar-refractivity contribution in [2.75, 3.05) is 29.9 Å². The van der Waals surface area contributed by atoms with Crippen molar-refractivity contribution in [3.05, 3.63) is 47.4 Å². The van der Waals surface area contributed by atoms with Crippen LogP contribution in [0, 0.1) is 24.6 Å². The Hall–Kier alpha value is -2.28. The number of nitrogens with zero attached hydrogens (tertiary/aromatic N) is 3. The minimum absolute atomic E-state index is 0.205. The van der Waals surface area contributed by atoms with E-state index in [-0.39, 0.29) is 5.82 Å². The van der Waals surface area contributed by atoms with Gasteiger partial charge >= 0.3 is 0 Å². The van der Waals surface area contributed by atoms with Crippen molar-refractivity contribution < 1.29 is 4.39 Å². The van der Waals surface area contributed by atoms with Crippen molar-refractivity contribution in [1.29, 1.82) is 0 Å². The van der Waals surface area contributed by atoms with Gasteiger partial charge in [-0.25, -0.2) is 9.37 Å². The lowest BCUT2D eigenvalue weighted by atomic mass is 9.92. The maximum atomic E-state index is 12.9. The molecule has 0 saturated carbocycles. The van der Waals surface area contributed by atoms with Gasteiger partial charge in [0, 0.05) is 31.4 Å². The van der Waals surface area contributed by atoms with Crippen LogP contribution in [0.15, 0.2) is 30.3 Å². The van der Waals surface area contributed by atoms with Crippen LogP contribution in [0.4, 0.5) is 16.2 Å². The number of nitrogens with one attached hydrogen (secondary N) is 2. The van der Waals surface area contributed by atoms with Gasteiger partial charge in [0.2, 0.25) is 5.95 Å². The van der Waals surface area contributed by atoms with Gasteiger partial charge in [-0.15, -0.1) is 0 Å². The Bertz CT molecular complexity index is 816. The first-order valence-corrected chi connectivity index (χ1v) is 10.7. The molecule has 1 aliphatic heterocycles. The summed E-state index contributed by atoms with van der Waals surface area (Å²) in [6.45, 7) is 9.33. The molecule has 0 radical (unpaired) electrons. The van der Waals surface area contributed by atoms with Crippen molar-refractivity contribution >= 4 is 29.1 Å². The highest BCUT2D eigenvalue weighted by Crippen LogP contribution is 2.26. The quantitative estimate of drug-likeness (QED) is 0.541. The Morgan fingerprint density at radius 1 is 1.17 bits per heavy atom. The minimum atomic E-state index is -0.205. The van der Waals surface area contributed by atoms with Crippen LogP contribution in [0.1, 0.15) is 37.9 Å². The van der Waals surface area contributed by atoms with Crippen LogP contribution in [0.25, 0.3) is 0 Å². The second-order valence-corrected chi connectivity index (χ2v) is 8.56. The van der Waals surface area contributed by atoms with Gasteiger partial charge in [0.15, 0.2) is 5.11 Å². The molecule has 1 aromatic carbocycles. The topological polar surface area (TPSA) is 53.1 Å². The molecule has 2 N–H and O–H groups in total. The fourth-order valence-corrected chi connectivity index (χ4v) is 4.10. The number of halogens is 1. The van der Waals surface area contributed by atoms with E-state index in [0.29, 0.717) is 22.9 Å². The summed E-state index contributed by atoms with van der Waals surface area (Å²) in [5.41, 5.74) is 2.03. The standard InChI is InChI=1S/C22H30FN5S/c1-15-11-16(2)14-28(13-15)20-12-17(3)25-21(26-20)27-22(29)24-10-4-5-18-6-8-19(23)9-7-18/h6-9,12,15-16H,4-5,10-11,13-14H2,1-3H3,(H2,24,25,26,27,29)/t15-,16+. The molecular formula is C22H30FN5S. The SMILES string of the molecule is Cc1cc(N2C[C@H](C)C[C@H](C)C2)nc(NC(=S)NCCCc2ccc(F)cc2)n1. The first-order chi connectivity index (χ1) is 13.9. The molecule has 2 aromatic rings. The molecule has 1 saturated heterocycles. The average molecular weight is 416 g/mol. The predicted octanol–water partition coefficient (Wildman–Crippen LogP) is 4.33. The summed E-state index contributed by atoms with van der Waals surface area (Å²) >= 11 is 5.40. The lowest BCUT2D eigenvalue weighted by Crippen LogP contribution is -2.39. The number of thiocarbonyl (C=S) groups is 1. The lowest BCUT2D eigenvalue weighted by Gasteiger charge is -2.36. The number of hydrogen-bond acceptors (Lipinski definition) is 4. The molecule has 0 amide bonds. The minimum Gasteiger partial charge on any atom is -0.362 e. The van der Waals surface area contributed by atoms with Crippen LogP contribution in [0.3, 0.4) is 0 Å². The van der Waals surface area contributed by atoms with Crippen molar-refractivity contribution in [3.63, 3.8) is 0 Å². The molecule has 0 aliphatic carbocycles. The number of aromatic nitrogens is 2. The van der Waals surface area contributed by atoms with Crippen LogP contribution in [-0.2, 0) is 6.42 Å². The molecule has 1 fully saturated rings. The molecule has 7 heteroatoms. The highest BCUT2D eigenvalue weighted by molar-refractivity contribution is 7.80. The van der Waals surface area contributed by atoms with Gasteiger partial charge in [0.05, 0.1) is 0 Å². The number of hydrogen-bond donors (Lipinski definition) is 2. The normalized spacial score (nSPS) is 19.1. The zero-order valence-corrected chi connectivity index (χ0v) is 18.2. The van der Waals surface area contributed by atoms with Crippen LogP contribution in [-0.4, -0.2) is 34.7 Å². The van der Waals surface area contributed by atoms with E-state index in [1.807, 2.05) is 25.1 Å². The molecule has 0 spiro atoms. The van der Waals surface area contributed by atoms with E-state index in [1.54, 1.807) is 0 Å². The van der Waals surface area contributed by atoms with Gasteiger partial charge in [0.25, 0.3) is 0 Å². The largest absolute Gasteiger partial charge is 0.362 e. The first kappa shape index (κ1) is 21.4. The number of rotatable bonds is 6. The molecule has 0 unspecified atom stereocenters. The number of anilines is 2. The van der Waals surface area contributed by atoms with Crippen molar-refractivity contribution in [1.82, 2.24) is 15.3 Å². The Labute approximate surface area is 178 Å². The molecule has 3 rings (SSSR count). The van der Waals surface area contributed by atoms with Crippen molar-refractivity contribution in [3.8, 4) is 0 Å². The molecule has 5 nitrogen and oxygen atoms in total. The zero-order chi connectivity index (χ0) is 20.8. The molecule has 1 aliphatic rings. The highest BCUT2D eigenvalue weighted by atomic mass is 32.1. The monoisotopic (exact) mass is 415 g/mol. The van der Waals surface area contributed by atoms with Crippen LogP contribution in [0.5, 0.6) is 0 Å². The second kappa shape index (κ2) is 9.96. The zero-order valence-electron chi connectivity index (χ0n) is 17.4.